The van der Waals surface area contributed by atoms with Gasteiger partial charge in [0.1, 0.15) is 5.75 Å². The Hall–Kier alpha value is -2.09. The molecule has 0 spiro atoms. The van der Waals surface area contributed by atoms with Crippen LogP contribution >= 0.6 is 11.6 Å². The Morgan fingerprint density at radius 1 is 1.07 bits per heavy atom. The number of rotatable bonds is 8. The fourth-order valence-electron chi connectivity index (χ4n) is 2.15. The fraction of sp³-hybridized carbons (Fsp3) is 0.316. The van der Waals surface area contributed by atoms with Crippen molar-refractivity contribution in [2.24, 2.45) is 0 Å². The van der Waals surface area contributed by atoms with Crippen molar-refractivity contribution >= 4 is 33.2 Å². The topological polar surface area (TPSA) is 84.5 Å². The van der Waals surface area contributed by atoms with Crippen molar-refractivity contribution in [2.45, 2.75) is 44.2 Å². The van der Waals surface area contributed by atoms with Gasteiger partial charge in [-0.2, -0.15) is 0 Å². The van der Waals surface area contributed by atoms with Crippen molar-refractivity contribution in [3.05, 3.63) is 53.6 Å². The average molecular weight is 411 g/mol. The first-order valence-electron chi connectivity index (χ1n) is 8.56. The van der Waals surface area contributed by atoms with Crippen LogP contribution in [0.3, 0.4) is 0 Å². The van der Waals surface area contributed by atoms with Gasteiger partial charge in [0, 0.05) is 16.8 Å². The quantitative estimate of drug-likeness (QED) is 0.692. The molecule has 0 aromatic heterocycles. The van der Waals surface area contributed by atoms with Gasteiger partial charge < -0.3 is 10.1 Å². The van der Waals surface area contributed by atoms with Gasteiger partial charge in [-0.25, -0.2) is 13.1 Å². The Balaban J connectivity index is 1.98. The second-order valence-electron chi connectivity index (χ2n) is 6.16. The molecule has 27 heavy (non-hydrogen) atoms. The molecule has 0 bridgehead atoms. The van der Waals surface area contributed by atoms with E-state index >= 15 is 0 Å². The molecule has 0 saturated carbocycles. The summed E-state index contributed by atoms with van der Waals surface area (Å²) >= 11 is 5.82. The number of carbonyl (C=O) groups is 1. The van der Waals surface area contributed by atoms with E-state index in [1.54, 1.807) is 38.1 Å². The molecule has 146 valence electrons. The number of ether oxygens (including phenoxy) is 1. The number of hydrogen-bond acceptors (Lipinski definition) is 4. The summed E-state index contributed by atoms with van der Waals surface area (Å²) in [5, 5.41) is 3.28. The average Bonchev–Trinajstić information content (AvgIpc) is 2.63. The third kappa shape index (κ3) is 6.23. The Kier molecular flexibility index (Phi) is 7.24. The van der Waals surface area contributed by atoms with Gasteiger partial charge in [0.2, 0.25) is 10.0 Å². The Bertz CT molecular complexity index is 868. The summed E-state index contributed by atoms with van der Waals surface area (Å²) < 4.78 is 32.6. The van der Waals surface area contributed by atoms with Gasteiger partial charge in [-0.15, -0.1) is 0 Å². The molecule has 0 saturated heterocycles. The van der Waals surface area contributed by atoms with Crippen LogP contribution in [0.5, 0.6) is 5.75 Å². The summed E-state index contributed by atoms with van der Waals surface area (Å²) in [7, 11) is -3.58. The lowest BCUT2D eigenvalue weighted by molar-refractivity contribution is -0.122. The monoisotopic (exact) mass is 410 g/mol. The predicted octanol–water partition coefficient (Wildman–Crippen LogP) is 3.82. The summed E-state index contributed by atoms with van der Waals surface area (Å²) in [5.41, 5.74) is 0.481. The van der Waals surface area contributed by atoms with Crippen molar-refractivity contribution in [2.75, 3.05) is 5.32 Å². The lowest BCUT2D eigenvalue weighted by atomic mass is 10.3. The minimum atomic E-state index is -3.58. The lowest BCUT2D eigenvalue weighted by Gasteiger charge is -2.15. The van der Waals surface area contributed by atoms with Crippen LogP contribution in [-0.4, -0.2) is 26.5 Å². The highest BCUT2D eigenvalue weighted by Gasteiger charge is 2.18. The van der Waals surface area contributed by atoms with E-state index in [1.807, 2.05) is 6.92 Å². The van der Waals surface area contributed by atoms with Crippen LogP contribution in [0.2, 0.25) is 5.02 Å². The zero-order valence-corrected chi connectivity index (χ0v) is 17.0. The number of hydrogen-bond donors (Lipinski definition) is 2. The van der Waals surface area contributed by atoms with Crippen molar-refractivity contribution in [3.63, 3.8) is 0 Å². The maximum atomic E-state index is 12.3. The van der Waals surface area contributed by atoms with E-state index in [4.69, 9.17) is 16.3 Å². The molecule has 2 aromatic rings. The zero-order chi connectivity index (χ0) is 20.0. The lowest BCUT2D eigenvalue weighted by Crippen LogP contribution is -2.32. The molecule has 1 amide bonds. The normalized spacial score (nSPS) is 13.6. The molecule has 2 atom stereocenters. The molecule has 2 rings (SSSR count). The second kappa shape index (κ2) is 9.21. The molecule has 0 heterocycles. The summed E-state index contributed by atoms with van der Waals surface area (Å²) in [6, 6.07) is 12.5. The van der Waals surface area contributed by atoms with Crippen LogP contribution in [0.4, 0.5) is 5.69 Å². The SMILES string of the molecule is CCC(C)NS(=O)(=O)c1ccc(NC(=O)C(C)Oc2ccc(Cl)cc2)cc1. The molecular formula is C19H23ClN2O4S. The van der Waals surface area contributed by atoms with Crippen molar-refractivity contribution in [3.8, 4) is 5.75 Å². The van der Waals surface area contributed by atoms with E-state index in [9.17, 15) is 13.2 Å². The highest BCUT2D eigenvalue weighted by Crippen LogP contribution is 2.18. The number of anilines is 1. The van der Waals surface area contributed by atoms with Gasteiger partial charge in [-0.05, 0) is 68.8 Å². The van der Waals surface area contributed by atoms with E-state index in [0.29, 0.717) is 22.9 Å². The van der Waals surface area contributed by atoms with Gasteiger partial charge in [0.15, 0.2) is 6.10 Å². The number of carbonyl (C=O) groups excluding carboxylic acids is 1. The van der Waals surface area contributed by atoms with Crippen molar-refractivity contribution in [1.82, 2.24) is 4.72 Å². The highest BCUT2D eigenvalue weighted by atomic mass is 35.5. The first-order chi connectivity index (χ1) is 12.7. The molecule has 0 aliphatic heterocycles. The molecule has 2 aromatic carbocycles. The Labute approximate surface area is 164 Å². The molecule has 0 fully saturated rings. The molecule has 0 aliphatic rings. The zero-order valence-electron chi connectivity index (χ0n) is 15.4. The maximum absolute atomic E-state index is 12.3. The minimum absolute atomic E-state index is 0.145. The smallest absolute Gasteiger partial charge is 0.265 e. The summed E-state index contributed by atoms with van der Waals surface area (Å²) in [6.45, 7) is 5.33. The van der Waals surface area contributed by atoms with Gasteiger partial charge in [0.05, 0.1) is 4.90 Å². The van der Waals surface area contributed by atoms with E-state index in [-0.39, 0.29) is 16.8 Å². The molecular weight excluding hydrogens is 388 g/mol. The molecule has 0 aliphatic carbocycles. The highest BCUT2D eigenvalue weighted by molar-refractivity contribution is 7.89. The Morgan fingerprint density at radius 3 is 2.22 bits per heavy atom. The van der Waals surface area contributed by atoms with Crippen LogP contribution in [-0.2, 0) is 14.8 Å². The summed E-state index contributed by atoms with van der Waals surface area (Å²) in [4.78, 5) is 12.4. The van der Waals surface area contributed by atoms with Crippen LogP contribution in [0.15, 0.2) is 53.4 Å². The minimum Gasteiger partial charge on any atom is -0.481 e. The predicted molar refractivity (Wildman–Crippen MR) is 107 cm³/mol. The second-order valence-corrected chi connectivity index (χ2v) is 8.31. The number of nitrogens with one attached hydrogen (secondary N) is 2. The third-order valence-corrected chi connectivity index (χ3v) is 5.75. The van der Waals surface area contributed by atoms with E-state index in [2.05, 4.69) is 10.0 Å². The van der Waals surface area contributed by atoms with Crippen LogP contribution in [0, 0.1) is 0 Å². The maximum Gasteiger partial charge on any atom is 0.265 e. The van der Waals surface area contributed by atoms with E-state index < -0.39 is 16.1 Å². The van der Waals surface area contributed by atoms with Gasteiger partial charge >= 0.3 is 0 Å². The van der Waals surface area contributed by atoms with Crippen molar-refractivity contribution in [1.29, 1.82) is 0 Å². The van der Waals surface area contributed by atoms with Crippen LogP contribution < -0.4 is 14.8 Å². The van der Waals surface area contributed by atoms with Crippen molar-refractivity contribution < 1.29 is 17.9 Å². The molecule has 0 radical (unpaired) electrons. The van der Waals surface area contributed by atoms with Gasteiger partial charge in [-0.3, -0.25) is 4.79 Å². The summed E-state index contributed by atoms with van der Waals surface area (Å²) in [5.74, 6) is 0.179. The number of amides is 1. The first-order valence-corrected chi connectivity index (χ1v) is 10.4. The van der Waals surface area contributed by atoms with Gasteiger partial charge in [0.25, 0.3) is 5.91 Å². The standard InChI is InChI=1S/C19H23ClN2O4S/c1-4-13(2)22-27(24,25)18-11-7-16(8-12-18)21-19(23)14(3)26-17-9-5-15(20)6-10-17/h5-14,22H,4H2,1-3H3,(H,21,23). The van der Waals surface area contributed by atoms with E-state index in [1.165, 1.54) is 24.3 Å². The Morgan fingerprint density at radius 2 is 1.67 bits per heavy atom. The molecule has 6 nitrogen and oxygen atoms in total. The summed E-state index contributed by atoms with van der Waals surface area (Å²) in [6.07, 6.45) is -0.0412. The number of halogens is 1. The van der Waals surface area contributed by atoms with E-state index in [0.717, 1.165) is 0 Å². The fourth-order valence-corrected chi connectivity index (χ4v) is 3.60. The molecule has 2 N–H and O–H groups in total. The first kappa shape index (κ1) is 21.2. The number of benzene rings is 2. The third-order valence-electron chi connectivity index (χ3n) is 3.90. The van der Waals surface area contributed by atoms with Gasteiger partial charge in [-0.1, -0.05) is 18.5 Å². The van der Waals surface area contributed by atoms with Crippen LogP contribution in [0.25, 0.3) is 0 Å². The largest absolute Gasteiger partial charge is 0.481 e. The molecule has 8 heteroatoms. The van der Waals surface area contributed by atoms with Crippen LogP contribution in [0.1, 0.15) is 27.2 Å². The molecule has 2 unspecified atom stereocenters. The number of sulfonamides is 1.